The number of aliphatic hydroxyl groups is 1. The smallest absolute Gasteiger partial charge is 0.0837 e. The fourth-order valence-corrected chi connectivity index (χ4v) is 2.16. The molecule has 78 valence electrons. The van der Waals surface area contributed by atoms with E-state index < -0.39 is 0 Å². The van der Waals surface area contributed by atoms with Crippen LogP contribution in [0.15, 0.2) is 0 Å². The van der Waals surface area contributed by atoms with E-state index in [2.05, 4.69) is 0 Å². The molecule has 0 spiro atoms. The summed E-state index contributed by atoms with van der Waals surface area (Å²) in [4.78, 5) is 0. The van der Waals surface area contributed by atoms with Gasteiger partial charge in [-0.05, 0) is 32.6 Å². The second-order valence-corrected chi connectivity index (χ2v) is 4.30. The first-order chi connectivity index (χ1) is 6.24. The number of aliphatic hydroxyl groups excluding tert-OH is 1. The van der Waals surface area contributed by atoms with Gasteiger partial charge in [-0.1, -0.05) is 19.3 Å². The van der Waals surface area contributed by atoms with Gasteiger partial charge in [0, 0.05) is 0 Å². The summed E-state index contributed by atoms with van der Waals surface area (Å²) in [6.07, 6.45) is 6.76. The van der Waals surface area contributed by atoms with Gasteiger partial charge in [0.25, 0.3) is 0 Å². The molecule has 0 heterocycles. The lowest BCUT2D eigenvalue weighted by molar-refractivity contribution is -0.0620. The van der Waals surface area contributed by atoms with Crippen molar-refractivity contribution in [3.05, 3.63) is 0 Å². The molecule has 1 unspecified atom stereocenters. The van der Waals surface area contributed by atoms with E-state index >= 15 is 0 Å². The Labute approximate surface area is 81.3 Å². The monoisotopic (exact) mass is 186 g/mol. The third-order valence-electron chi connectivity index (χ3n) is 2.80. The highest BCUT2D eigenvalue weighted by molar-refractivity contribution is 4.74. The van der Waals surface area contributed by atoms with Gasteiger partial charge in [0.2, 0.25) is 0 Å². The average Bonchev–Trinajstić information content (AvgIpc) is 2.15. The predicted octanol–water partition coefficient (Wildman–Crippen LogP) is 2.35. The molecule has 0 aromatic heterocycles. The van der Waals surface area contributed by atoms with Crippen LogP contribution >= 0.6 is 0 Å². The van der Waals surface area contributed by atoms with E-state index in [1.807, 2.05) is 13.8 Å². The van der Waals surface area contributed by atoms with Crippen LogP contribution in [0.25, 0.3) is 0 Å². The highest BCUT2D eigenvalue weighted by atomic mass is 16.5. The highest BCUT2D eigenvalue weighted by Gasteiger charge is 2.24. The van der Waals surface area contributed by atoms with E-state index in [1.54, 1.807) is 0 Å². The maximum atomic E-state index is 9.20. The van der Waals surface area contributed by atoms with E-state index in [0.717, 1.165) is 0 Å². The van der Waals surface area contributed by atoms with Crippen LogP contribution in [0.1, 0.15) is 46.0 Å². The Bertz CT molecular complexity index is 128. The molecule has 0 aromatic rings. The molecule has 1 fully saturated rings. The molecule has 1 saturated carbocycles. The molecule has 0 saturated heterocycles. The van der Waals surface area contributed by atoms with Crippen molar-refractivity contribution in [2.75, 3.05) is 6.61 Å². The van der Waals surface area contributed by atoms with Gasteiger partial charge >= 0.3 is 0 Å². The Morgan fingerprint density at radius 2 is 1.85 bits per heavy atom. The fourth-order valence-electron chi connectivity index (χ4n) is 2.16. The summed E-state index contributed by atoms with van der Waals surface area (Å²) in [5.74, 6) is 0.598. The molecule has 1 aliphatic rings. The molecular formula is C11H22O2. The lowest BCUT2D eigenvalue weighted by Gasteiger charge is -2.30. The van der Waals surface area contributed by atoms with Gasteiger partial charge in [-0.25, -0.2) is 0 Å². The lowest BCUT2D eigenvalue weighted by atomic mass is 9.85. The first kappa shape index (κ1) is 11.0. The molecule has 1 N–H and O–H groups in total. The van der Waals surface area contributed by atoms with Gasteiger partial charge in [-0.2, -0.15) is 0 Å². The maximum absolute atomic E-state index is 9.20. The topological polar surface area (TPSA) is 29.5 Å². The van der Waals surface area contributed by atoms with Gasteiger partial charge in [-0.3, -0.25) is 0 Å². The third kappa shape index (κ3) is 3.65. The Morgan fingerprint density at radius 3 is 2.31 bits per heavy atom. The van der Waals surface area contributed by atoms with E-state index in [-0.39, 0.29) is 18.8 Å². The molecule has 2 heteroatoms. The Morgan fingerprint density at radius 1 is 1.23 bits per heavy atom. The zero-order chi connectivity index (χ0) is 9.68. The van der Waals surface area contributed by atoms with Gasteiger partial charge in [0.1, 0.15) is 0 Å². The van der Waals surface area contributed by atoms with Crippen LogP contribution < -0.4 is 0 Å². The van der Waals surface area contributed by atoms with Crippen molar-refractivity contribution in [2.24, 2.45) is 5.92 Å². The summed E-state index contributed by atoms with van der Waals surface area (Å²) in [5.41, 5.74) is 0. The first-order valence-corrected chi connectivity index (χ1v) is 5.50. The van der Waals surface area contributed by atoms with Crippen LogP contribution in [0.4, 0.5) is 0 Å². The Kier molecular flexibility index (Phi) is 4.74. The van der Waals surface area contributed by atoms with Gasteiger partial charge in [0.05, 0.1) is 18.8 Å². The second-order valence-electron chi connectivity index (χ2n) is 4.30. The van der Waals surface area contributed by atoms with Crippen molar-refractivity contribution in [3.8, 4) is 0 Å². The van der Waals surface area contributed by atoms with Crippen LogP contribution in [0.2, 0.25) is 0 Å². The van der Waals surface area contributed by atoms with E-state index in [1.165, 1.54) is 32.1 Å². The molecule has 1 atom stereocenters. The van der Waals surface area contributed by atoms with Crippen molar-refractivity contribution in [3.63, 3.8) is 0 Å². The number of hydrogen-bond donors (Lipinski definition) is 1. The van der Waals surface area contributed by atoms with Crippen molar-refractivity contribution in [1.29, 1.82) is 0 Å². The number of ether oxygens (including phenoxy) is 1. The second kappa shape index (κ2) is 5.61. The Hall–Kier alpha value is -0.0800. The molecule has 0 bridgehead atoms. The molecule has 0 aliphatic heterocycles. The zero-order valence-electron chi connectivity index (χ0n) is 8.83. The van der Waals surface area contributed by atoms with Crippen LogP contribution in [0, 0.1) is 5.92 Å². The summed E-state index contributed by atoms with van der Waals surface area (Å²) in [6.45, 7) is 4.25. The summed E-state index contributed by atoms with van der Waals surface area (Å²) >= 11 is 0. The first-order valence-electron chi connectivity index (χ1n) is 5.50. The maximum Gasteiger partial charge on any atom is 0.0837 e. The van der Waals surface area contributed by atoms with E-state index in [9.17, 15) is 5.11 Å². The quantitative estimate of drug-likeness (QED) is 0.730. The summed E-state index contributed by atoms with van der Waals surface area (Å²) in [6, 6.07) is 0. The van der Waals surface area contributed by atoms with Crippen LogP contribution in [0.3, 0.4) is 0 Å². The fraction of sp³-hybridized carbons (Fsp3) is 1.00. The minimum Gasteiger partial charge on any atom is -0.394 e. The van der Waals surface area contributed by atoms with E-state index in [4.69, 9.17) is 4.74 Å². The molecule has 0 amide bonds. The molecule has 0 radical (unpaired) electrons. The SMILES string of the molecule is CC(C)OC(CO)C1CCCCC1. The molecule has 1 rings (SSSR count). The Balaban J connectivity index is 2.34. The van der Waals surface area contributed by atoms with Gasteiger partial charge < -0.3 is 9.84 Å². The van der Waals surface area contributed by atoms with Crippen molar-refractivity contribution >= 4 is 0 Å². The molecule has 0 aromatic carbocycles. The standard InChI is InChI=1S/C11H22O2/c1-9(2)13-11(8-12)10-6-4-3-5-7-10/h9-12H,3-8H2,1-2H3. The minimum atomic E-state index is 0.0836. The lowest BCUT2D eigenvalue weighted by Crippen LogP contribution is -2.31. The summed E-state index contributed by atoms with van der Waals surface area (Å²) in [7, 11) is 0. The predicted molar refractivity (Wildman–Crippen MR) is 53.7 cm³/mol. The van der Waals surface area contributed by atoms with Gasteiger partial charge in [-0.15, -0.1) is 0 Å². The van der Waals surface area contributed by atoms with Crippen molar-refractivity contribution < 1.29 is 9.84 Å². The zero-order valence-corrected chi connectivity index (χ0v) is 8.83. The van der Waals surface area contributed by atoms with Gasteiger partial charge in [0.15, 0.2) is 0 Å². The largest absolute Gasteiger partial charge is 0.394 e. The van der Waals surface area contributed by atoms with Crippen molar-refractivity contribution in [1.82, 2.24) is 0 Å². The normalized spacial score (nSPS) is 22.2. The summed E-state index contributed by atoms with van der Waals surface area (Å²) < 4.78 is 5.69. The highest BCUT2D eigenvalue weighted by Crippen LogP contribution is 2.28. The molecule has 2 nitrogen and oxygen atoms in total. The minimum absolute atomic E-state index is 0.0836. The molecule has 1 aliphatic carbocycles. The number of hydrogen-bond acceptors (Lipinski definition) is 2. The van der Waals surface area contributed by atoms with Crippen LogP contribution in [0.5, 0.6) is 0 Å². The van der Waals surface area contributed by atoms with E-state index in [0.29, 0.717) is 5.92 Å². The van der Waals surface area contributed by atoms with Crippen LogP contribution in [-0.2, 0) is 4.74 Å². The number of rotatable bonds is 4. The summed E-state index contributed by atoms with van der Waals surface area (Å²) in [5, 5.41) is 9.20. The van der Waals surface area contributed by atoms with Crippen molar-refractivity contribution in [2.45, 2.75) is 58.2 Å². The average molecular weight is 186 g/mol. The van der Waals surface area contributed by atoms with Crippen LogP contribution in [-0.4, -0.2) is 23.9 Å². The third-order valence-corrected chi connectivity index (χ3v) is 2.80. The molecular weight excluding hydrogens is 164 g/mol. The molecule has 13 heavy (non-hydrogen) atoms.